The van der Waals surface area contributed by atoms with Gasteiger partial charge in [0.15, 0.2) is 0 Å². The molecule has 0 spiro atoms. The molecule has 0 saturated heterocycles. The topological polar surface area (TPSA) is 58.9 Å². The molecule has 0 unspecified atom stereocenters. The minimum Gasteiger partial charge on any atom is -0.330 e. The van der Waals surface area contributed by atoms with Gasteiger partial charge < -0.3 is 15.2 Å². The summed E-state index contributed by atoms with van der Waals surface area (Å²) in [5.74, 6) is -0.152. The van der Waals surface area contributed by atoms with Crippen molar-refractivity contribution in [2.45, 2.75) is 13.5 Å². The van der Waals surface area contributed by atoms with E-state index >= 15 is 0 Å². The van der Waals surface area contributed by atoms with Crippen molar-refractivity contribution in [3.8, 4) is 0 Å². The zero-order chi connectivity index (χ0) is 13.7. The fourth-order valence-electron chi connectivity index (χ4n) is 1.80. The van der Waals surface area contributed by atoms with Crippen LogP contribution in [-0.2, 0) is 13.6 Å². The van der Waals surface area contributed by atoms with Gasteiger partial charge in [0.2, 0.25) is 0 Å². The third-order valence-electron chi connectivity index (χ3n) is 2.81. The minimum atomic E-state index is -0.152. The molecule has 0 fully saturated rings. The smallest absolute Gasteiger partial charge is 0.273 e. The second-order valence-electron chi connectivity index (χ2n) is 4.32. The molecule has 0 saturated carbocycles. The highest BCUT2D eigenvalue weighted by Crippen LogP contribution is 2.12. The molecule has 0 aliphatic heterocycles. The Morgan fingerprint density at radius 2 is 2.26 bits per heavy atom. The Morgan fingerprint density at radius 3 is 2.95 bits per heavy atom. The number of carbonyl (C=O) groups excluding carboxylic acids is 1. The van der Waals surface area contributed by atoms with E-state index in [0.29, 0.717) is 5.69 Å². The maximum absolute atomic E-state index is 12.0. The molecule has 100 valence electrons. The number of benzene rings is 1. The van der Waals surface area contributed by atoms with E-state index in [1.54, 1.807) is 24.1 Å². The van der Waals surface area contributed by atoms with Gasteiger partial charge >= 0.3 is 0 Å². The molecule has 2 N–H and O–H groups in total. The van der Waals surface area contributed by atoms with Crippen molar-refractivity contribution in [2.75, 3.05) is 11.9 Å². The lowest BCUT2D eigenvalue weighted by molar-refractivity contribution is 0.101. The number of aromatic nitrogens is 2. The largest absolute Gasteiger partial charge is 0.330 e. The lowest BCUT2D eigenvalue weighted by atomic mass is 10.2. The van der Waals surface area contributed by atoms with E-state index in [1.165, 1.54) is 0 Å². The summed E-state index contributed by atoms with van der Waals surface area (Å²) < 4.78 is 1.69. The summed E-state index contributed by atoms with van der Waals surface area (Å²) >= 11 is 0. The average molecular weight is 258 g/mol. The van der Waals surface area contributed by atoms with Gasteiger partial charge in [0.05, 0.1) is 12.5 Å². The van der Waals surface area contributed by atoms with Crippen LogP contribution in [0.15, 0.2) is 36.8 Å². The fourth-order valence-corrected chi connectivity index (χ4v) is 1.80. The Bertz CT molecular complexity index is 562. The average Bonchev–Trinajstić information content (AvgIpc) is 2.83. The fraction of sp³-hybridized carbons (Fsp3) is 0.286. The molecule has 0 bridgehead atoms. The van der Waals surface area contributed by atoms with Crippen molar-refractivity contribution in [2.24, 2.45) is 7.05 Å². The summed E-state index contributed by atoms with van der Waals surface area (Å²) in [6.45, 7) is 3.78. The Morgan fingerprint density at radius 1 is 1.42 bits per heavy atom. The van der Waals surface area contributed by atoms with Crippen molar-refractivity contribution in [1.82, 2.24) is 14.9 Å². The monoisotopic (exact) mass is 258 g/mol. The molecular weight excluding hydrogens is 240 g/mol. The molecule has 19 heavy (non-hydrogen) atoms. The van der Waals surface area contributed by atoms with Crippen molar-refractivity contribution in [3.63, 3.8) is 0 Å². The van der Waals surface area contributed by atoms with E-state index in [-0.39, 0.29) is 5.91 Å². The maximum Gasteiger partial charge on any atom is 0.273 e. The Hall–Kier alpha value is -2.14. The zero-order valence-electron chi connectivity index (χ0n) is 11.2. The van der Waals surface area contributed by atoms with Gasteiger partial charge in [-0.05, 0) is 24.2 Å². The first-order valence-electron chi connectivity index (χ1n) is 6.28. The first kappa shape index (κ1) is 13.3. The maximum atomic E-state index is 12.0. The highest BCUT2D eigenvalue weighted by atomic mass is 16.1. The van der Waals surface area contributed by atoms with Crippen LogP contribution < -0.4 is 10.6 Å². The highest BCUT2D eigenvalue weighted by molar-refractivity contribution is 6.02. The van der Waals surface area contributed by atoms with Crippen molar-refractivity contribution >= 4 is 11.6 Å². The number of rotatable bonds is 5. The lowest BCUT2D eigenvalue weighted by Gasteiger charge is -2.08. The van der Waals surface area contributed by atoms with E-state index in [2.05, 4.69) is 22.5 Å². The molecule has 5 heteroatoms. The van der Waals surface area contributed by atoms with E-state index in [4.69, 9.17) is 0 Å². The SMILES string of the molecule is CCNCc1cccc(NC(=O)c2cncn2C)c1. The van der Waals surface area contributed by atoms with E-state index < -0.39 is 0 Å². The van der Waals surface area contributed by atoms with Gasteiger partial charge in [-0.1, -0.05) is 19.1 Å². The van der Waals surface area contributed by atoms with E-state index in [1.807, 2.05) is 24.3 Å². The van der Waals surface area contributed by atoms with Crippen LogP contribution in [0.3, 0.4) is 0 Å². The second kappa shape index (κ2) is 6.15. The third-order valence-corrected chi connectivity index (χ3v) is 2.81. The summed E-state index contributed by atoms with van der Waals surface area (Å²) in [5, 5.41) is 6.13. The van der Waals surface area contributed by atoms with Crippen LogP contribution in [0.25, 0.3) is 0 Å². The molecule has 1 aromatic carbocycles. The second-order valence-corrected chi connectivity index (χ2v) is 4.32. The van der Waals surface area contributed by atoms with Gasteiger partial charge in [-0.3, -0.25) is 4.79 Å². The number of hydrogen-bond acceptors (Lipinski definition) is 3. The summed E-state index contributed by atoms with van der Waals surface area (Å²) in [6.07, 6.45) is 3.16. The standard InChI is InChI=1S/C14H18N4O/c1-3-15-8-11-5-4-6-12(7-11)17-14(19)13-9-16-10-18(13)2/h4-7,9-10,15H,3,8H2,1-2H3,(H,17,19). The molecule has 5 nitrogen and oxygen atoms in total. The number of nitrogens with one attached hydrogen (secondary N) is 2. The van der Waals surface area contributed by atoms with Crippen LogP contribution in [0, 0.1) is 0 Å². The summed E-state index contributed by atoms with van der Waals surface area (Å²) in [6, 6.07) is 7.81. The van der Waals surface area contributed by atoms with Gasteiger partial charge in [-0.15, -0.1) is 0 Å². The zero-order valence-corrected chi connectivity index (χ0v) is 11.2. The summed E-state index contributed by atoms with van der Waals surface area (Å²) in [5.41, 5.74) is 2.48. The van der Waals surface area contributed by atoms with E-state index in [0.717, 1.165) is 24.3 Å². The van der Waals surface area contributed by atoms with Gasteiger partial charge in [0, 0.05) is 19.3 Å². The van der Waals surface area contributed by atoms with Gasteiger partial charge in [-0.25, -0.2) is 4.98 Å². The minimum absolute atomic E-state index is 0.152. The molecule has 1 heterocycles. The predicted octanol–water partition coefficient (Wildman–Crippen LogP) is 1.78. The summed E-state index contributed by atoms with van der Waals surface area (Å²) in [4.78, 5) is 16.0. The van der Waals surface area contributed by atoms with Crippen LogP contribution in [0.2, 0.25) is 0 Å². The van der Waals surface area contributed by atoms with Crippen LogP contribution in [0.4, 0.5) is 5.69 Å². The Labute approximate surface area is 112 Å². The van der Waals surface area contributed by atoms with Crippen LogP contribution in [-0.4, -0.2) is 22.0 Å². The Balaban J connectivity index is 2.07. The normalized spacial score (nSPS) is 10.4. The predicted molar refractivity (Wildman–Crippen MR) is 75.0 cm³/mol. The van der Waals surface area contributed by atoms with Crippen molar-refractivity contribution < 1.29 is 4.79 Å². The molecule has 2 rings (SSSR count). The van der Waals surface area contributed by atoms with Gasteiger partial charge in [0.25, 0.3) is 5.91 Å². The molecule has 0 aliphatic carbocycles. The molecule has 0 radical (unpaired) electrons. The molecule has 2 aromatic rings. The van der Waals surface area contributed by atoms with Gasteiger partial charge in [-0.2, -0.15) is 0 Å². The number of nitrogens with zero attached hydrogens (tertiary/aromatic N) is 2. The molecule has 0 atom stereocenters. The number of carbonyl (C=O) groups is 1. The summed E-state index contributed by atoms with van der Waals surface area (Å²) in [7, 11) is 1.80. The van der Waals surface area contributed by atoms with Crippen molar-refractivity contribution in [3.05, 3.63) is 48.0 Å². The molecule has 0 aliphatic rings. The van der Waals surface area contributed by atoms with E-state index in [9.17, 15) is 4.79 Å². The molecule has 1 amide bonds. The van der Waals surface area contributed by atoms with Crippen LogP contribution in [0.5, 0.6) is 0 Å². The lowest BCUT2D eigenvalue weighted by Crippen LogP contribution is -2.16. The van der Waals surface area contributed by atoms with Crippen LogP contribution >= 0.6 is 0 Å². The number of amides is 1. The molecule has 1 aromatic heterocycles. The highest BCUT2D eigenvalue weighted by Gasteiger charge is 2.09. The quantitative estimate of drug-likeness (QED) is 0.859. The van der Waals surface area contributed by atoms with Gasteiger partial charge in [0.1, 0.15) is 5.69 Å². The Kier molecular flexibility index (Phi) is 4.30. The third kappa shape index (κ3) is 3.42. The van der Waals surface area contributed by atoms with Crippen molar-refractivity contribution in [1.29, 1.82) is 0 Å². The van der Waals surface area contributed by atoms with Crippen LogP contribution in [0.1, 0.15) is 23.0 Å². The number of hydrogen-bond donors (Lipinski definition) is 2. The first-order chi connectivity index (χ1) is 9.20. The number of aryl methyl sites for hydroxylation is 1. The molecular formula is C14H18N4O. The number of anilines is 1. The number of imidazole rings is 1. The first-order valence-corrected chi connectivity index (χ1v) is 6.28.